The van der Waals surface area contributed by atoms with Gasteiger partial charge in [-0.05, 0) is 49.7 Å². The molecule has 2 aromatic rings. The predicted octanol–water partition coefficient (Wildman–Crippen LogP) is 4.70. The number of hydrogen-bond donors (Lipinski definition) is 1. The molecular weight excluding hydrogens is 354 g/mol. The molecule has 6 heteroatoms. The number of carbonyl (C=O) groups is 2. The molecular formula is C20H22ClNO4. The monoisotopic (exact) mass is 375 g/mol. The molecule has 0 saturated carbocycles. The lowest BCUT2D eigenvalue weighted by molar-refractivity contribution is -0.122. The van der Waals surface area contributed by atoms with Crippen LogP contribution in [0.1, 0.15) is 37.0 Å². The van der Waals surface area contributed by atoms with Crippen molar-refractivity contribution in [2.75, 3.05) is 11.9 Å². The van der Waals surface area contributed by atoms with Gasteiger partial charge < -0.3 is 14.8 Å². The van der Waals surface area contributed by atoms with Crippen molar-refractivity contribution in [2.24, 2.45) is 0 Å². The fraction of sp³-hybridized carbons (Fsp3) is 0.300. The lowest BCUT2D eigenvalue weighted by Gasteiger charge is -2.15. The van der Waals surface area contributed by atoms with Crippen molar-refractivity contribution in [1.82, 2.24) is 0 Å². The summed E-state index contributed by atoms with van der Waals surface area (Å²) in [5, 5.41) is 3.18. The van der Waals surface area contributed by atoms with Crippen LogP contribution in [-0.2, 0) is 9.53 Å². The molecule has 0 spiro atoms. The van der Waals surface area contributed by atoms with E-state index in [1.807, 2.05) is 6.92 Å². The zero-order chi connectivity index (χ0) is 18.9. The Balaban J connectivity index is 1.90. The minimum Gasteiger partial charge on any atom is -0.479 e. The maximum Gasteiger partial charge on any atom is 0.338 e. The molecule has 0 bridgehead atoms. The highest BCUT2D eigenvalue weighted by atomic mass is 35.5. The minimum atomic E-state index is -0.728. The molecule has 0 aliphatic carbocycles. The van der Waals surface area contributed by atoms with Crippen LogP contribution in [0.4, 0.5) is 5.69 Å². The molecule has 1 N–H and O–H groups in total. The van der Waals surface area contributed by atoms with Crippen LogP contribution in [0.2, 0.25) is 5.02 Å². The first-order valence-corrected chi connectivity index (χ1v) is 8.88. The van der Waals surface area contributed by atoms with Gasteiger partial charge in [0.25, 0.3) is 5.91 Å². The van der Waals surface area contributed by atoms with Crippen LogP contribution in [-0.4, -0.2) is 24.6 Å². The summed E-state index contributed by atoms with van der Waals surface area (Å²) in [5.74, 6) is -0.239. The number of amides is 1. The number of anilines is 1. The summed E-state index contributed by atoms with van der Waals surface area (Å²) in [6.45, 7) is 4.07. The average molecular weight is 376 g/mol. The van der Waals surface area contributed by atoms with Crippen molar-refractivity contribution in [3.63, 3.8) is 0 Å². The molecule has 1 atom stereocenters. The van der Waals surface area contributed by atoms with E-state index in [1.54, 1.807) is 55.5 Å². The van der Waals surface area contributed by atoms with E-state index in [1.165, 1.54) is 0 Å². The molecule has 2 aromatic carbocycles. The van der Waals surface area contributed by atoms with E-state index in [4.69, 9.17) is 21.1 Å². The van der Waals surface area contributed by atoms with Gasteiger partial charge in [-0.25, -0.2) is 4.79 Å². The van der Waals surface area contributed by atoms with E-state index >= 15 is 0 Å². The molecule has 0 fully saturated rings. The van der Waals surface area contributed by atoms with E-state index in [0.717, 1.165) is 12.8 Å². The van der Waals surface area contributed by atoms with Crippen LogP contribution in [0.15, 0.2) is 48.5 Å². The van der Waals surface area contributed by atoms with E-state index in [-0.39, 0.29) is 11.9 Å². The van der Waals surface area contributed by atoms with Gasteiger partial charge >= 0.3 is 5.97 Å². The third kappa shape index (κ3) is 5.77. The molecule has 0 radical (unpaired) electrons. The van der Waals surface area contributed by atoms with Crippen molar-refractivity contribution >= 4 is 29.2 Å². The van der Waals surface area contributed by atoms with Gasteiger partial charge in [-0.2, -0.15) is 0 Å². The first kappa shape index (κ1) is 19.8. The van der Waals surface area contributed by atoms with Gasteiger partial charge in [-0.3, -0.25) is 4.79 Å². The lowest BCUT2D eigenvalue weighted by Crippen LogP contribution is -2.30. The summed E-state index contributed by atoms with van der Waals surface area (Å²) in [5.41, 5.74) is 1.01. The molecule has 0 aromatic heterocycles. The van der Waals surface area contributed by atoms with Crippen molar-refractivity contribution in [2.45, 2.75) is 32.8 Å². The van der Waals surface area contributed by atoms with Crippen LogP contribution >= 0.6 is 11.6 Å². The average Bonchev–Trinajstić information content (AvgIpc) is 2.64. The number of rotatable bonds is 8. The Hall–Kier alpha value is -2.53. The molecule has 138 valence electrons. The van der Waals surface area contributed by atoms with Gasteiger partial charge in [0, 0.05) is 5.69 Å². The molecule has 1 amide bonds. The fourth-order valence-electron chi connectivity index (χ4n) is 2.11. The zero-order valence-corrected chi connectivity index (χ0v) is 15.6. The first-order valence-electron chi connectivity index (χ1n) is 8.50. The molecule has 26 heavy (non-hydrogen) atoms. The fourth-order valence-corrected chi connectivity index (χ4v) is 2.29. The number of benzene rings is 2. The van der Waals surface area contributed by atoms with Gasteiger partial charge in [0.2, 0.25) is 0 Å². The molecule has 0 unspecified atom stereocenters. The highest BCUT2D eigenvalue weighted by molar-refractivity contribution is 6.32. The Morgan fingerprint density at radius 2 is 1.81 bits per heavy atom. The smallest absolute Gasteiger partial charge is 0.338 e. The largest absolute Gasteiger partial charge is 0.479 e. The number of carbonyl (C=O) groups excluding carboxylic acids is 2. The second kappa shape index (κ2) is 9.82. The van der Waals surface area contributed by atoms with Gasteiger partial charge in [-0.1, -0.05) is 37.1 Å². The topological polar surface area (TPSA) is 64.6 Å². The third-order valence-corrected chi connectivity index (χ3v) is 3.94. The molecule has 0 aliphatic rings. The Morgan fingerprint density at radius 3 is 2.46 bits per heavy atom. The van der Waals surface area contributed by atoms with E-state index in [2.05, 4.69) is 5.32 Å². The number of para-hydroxylation sites is 1. The summed E-state index contributed by atoms with van der Waals surface area (Å²) in [4.78, 5) is 24.1. The normalized spacial score (nSPS) is 11.5. The first-order chi connectivity index (χ1) is 12.5. The maximum atomic E-state index is 12.3. The van der Waals surface area contributed by atoms with E-state index in [0.29, 0.717) is 28.6 Å². The highest BCUT2D eigenvalue weighted by Gasteiger charge is 2.16. The van der Waals surface area contributed by atoms with Crippen LogP contribution < -0.4 is 10.1 Å². The summed E-state index contributed by atoms with van der Waals surface area (Å²) < 4.78 is 10.7. The summed E-state index contributed by atoms with van der Waals surface area (Å²) in [6, 6.07) is 13.5. The van der Waals surface area contributed by atoms with Crippen LogP contribution in [0, 0.1) is 0 Å². The lowest BCUT2D eigenvalue weighted by atomic mass is 10.2. The Morgan fingerprint density at radius 1 is 1.12 bits per heavy atom. The summed E-state index contributed by atoms with van der Waals surface area (Å²) in [7, 11) is 0. The van der Waals surface area contributed by atoms with Crippen molar-refractivity contribution in [3.8, 4) is 5.75 Å². The summed E-state index contributed by atoms with van der Waals surface area (Å²) in [6.07, 6.45) is 1.07. The number of ether oxygens (including phenoxy) is 2. The van der Waals surface area contributed by atoms with E-state index in [9.17, 15) is 9.59 Å². The number of nitrogens with one attached hydrogen (secondary N) is 1. The Labute approximate surface area is 158 Å². The Bertz CT molecular complexity index is 746. The maximum absolute atomic E-state index is 12.3. The van der Waals surface area contributed by atoms with Gasteiger partial charge in [0.15, 0.2) is 6.10 Å². The molecule has 2 rings (SSSR count). The minimum absolute atomic E-state index is 0.316. The van der Waals surface area contributed by atoms with Crippen LogP contribution in [0.5, 0.6) is 5.75 Å². The number of halogens is 1. The second-order valence-corrected chi connectivity index (χ2v) is 6.15. The Kier molecular flexibility index (Phi) is 7.48. The number of hydrogen-bond acceptors (Lipinski definition) is 4. The number of esters is 1. The molecule has 0 heterocycles. The second-order valence-electron chi connectivity index (χ2n) is 5.75. The quantitative estimate of drug-likeness (QED) is 0.536. The van der Waals surface area contributed by atoms with E-state index < -0.39 is 6.10 Å². The predicted molar refractivity (Wildman–Crippen MR) is 102 cm³/mol. The van der Waals surface area contributed by atoms with Crippen LogP contribution in [0.3, 0.4) is 0 Å². The zero-order valence-electron chi connectivity index (χ0n) is 14.8. The highest BCUT2D eigenvalue weighted by Crippen LogP contribution is 2.24. The van der Waals surface area contributed by atoms with Crippen molar-refractivity contribution < 1.29 is 19.1 Å². The third-order valence-electron chi connectivity index (χ3n) is 3.63. The standard InChI is InChI=1S/C20H22ClNO4/c1-3-4-13-25-20(24)15-9-11-16(12-10-15)22-19(23)14(2)26-18-8-6-5-7-17(18)21/h5-12,14H,3-4,13H2,1-2H3,(H,22,23)/t14-/m1/s1. The van der Waals surface area contributed by atoms with Gasteiger partial charge in [0.1, 0.15) is 5.75 Å². The number of unbranched alkanes of at least 4 members (excludes halogenated alkanes) is 1. The summed E-state index contributed by atoms with van der Waals surface area (Å²) >= 11 is 6.03. The molecule has 0 aliphatic heterocycles. The van der Waals surface area contributed by atoms with Gasteiger partial charge in [0.05, 0.1) is 17.2 Å². The van der Waals surface area contributed by atoms with Crippen molar-refractivity contribution in [3.05, 3.63) is 59.1 Å². The van der Waals surface area contributed by atoms with Crippen LogP contribution in [0.25, 0.3) is 0 Å². The SMILES string of the molecule is CCCCOC(=O)c1ccc(NC(=O)[C@@H](C)Oc2ccccc2Cl)cc1. The molecule has 5 nitrogen and oxygen atoms in total. The van der Waals surface area contributed by atoms with Crippen molar-refractivity contribution in [1.29, 1.82) is 0 Å². The molecule has 0 saturated heterocycles. The van der Waals surface area contributed by atoms with Gasteiger partial charge in [-0.15, -0.1) is 0 Å².